The molecule has 1 N–H and O–H groups in total. The van der Waals surface area contributed by atoms with Crippen molar-refractivity contribution in [1.29, 1.82) is 0 Å². The monoisotopic (exact) mass is 278 g/mol. The number of para-hydroxylation sites is 1. The minimum absolute atomic E-state index is 1.03. The Bertz CT molecular complexity index is 612. The molecule has 15 heavy (non-hydrogen) atoms. The predicted molar refractivity (Wildman–Crippen MR) is 67.1 cm³/mol. The van der Waals surface area contributed by atoms with Gasteiger partial charge in [0.05, 0.1) is 14.2 Å². The highest BCUT2D eigenvalue weighted by Crippen LogP contribution is 2.33. The van der Waals surface area contributed by atoms with Gasteiger partial charge in [0.25, 0.3) is 0 Å². The number of hydrogen-bond donors (Lipinski definition) is 1. The van der Waals surface area contributed by atoms with Crippen molar-refractivity contribution in [1.82, 2.24) is 10.2 Å². The van der Waals surface area contributed by atoms with Crippen molar-refractivity contribution < 1.29 is 0 Å². The lowest BCUT2D eigenvalue weighted by Gasteiger charge is -1.91. The molecule has 2 aromatic heterocycles. The molecule has 0 unspecified atom stereocenters. The molecule has 0 saturated heterocycles. The fourth-order valence-electron chi connectivity index (χ4n) is 1.59. The molecule has 0 fully saturated rings. The van der Waals surface area contributed by atoms with Gasteiger partial charge in [-0.15, -0.1) is 11.3 Å². The molecular formula is C11H7BrN2S. The summed E-state index contributed by atoms with van der Waals surface area (Å²) in [5, 5.41) is 8.55. The van der Waals surface area contributed by atoms with Crippen molar-refractivity contribution in [2.24, 2.45) is 0 Å². The number of rotatable bonds is 1. The van der Waals surface area contributed by atoms with Crippen LogP contribution in [0.15, 0.2) is 40.2 Å². The molecule has 0 aliphatic carbocycles. The third kappa shape index (κ3) is 1.50. The average molecular weight is 279 g/mol. The largest absolute Gasteiger partial charge is 0.277 e. The maximum Gasteiger partial charge on any atom is 0.110 e. The topological polar surface area (TPSA) is 28.7 Å². The van der Waals surface area contributed by atoms with E-state index < -0.39 is 0 Å². The van der Waals surface area contributed by atoms with E-state index in [1.165, 1.54) is 10.3 Å². The Kier molecular flexibility index (Phi) is 2.11. The van der Waals surface area contributed by atoms with Crippen molar-refractivity contribution in [3.8, 4) is 10.6 Å². The van der Waals surface area contributed by atoms with Crippen LogP contribution in [0.2, 0.25) is 0 Å². The first kappa shape index (κ1) is 9.12. The second-order valence-electron chi connectivity index (χ2n) is 3.22. The number of H-pyrrole nitrogens is 1. The quantitative estimate of drug-likeness (QED) is 0.715. The summed E-state index contributed by atoms with van der Waals surface area (Å²) in [6, 6.07) is 12.3. The number of benzene rings is 1. The van der Waals surface area contributed by atoms with Crippen LogP contribution in [0.5, 0.6) is 0 Å². The van der Waals surface area contributed by atoms with Crippen LogP contribution in [0, 0.1) is 0 Å². The SMILES string of the molecule is Brc1ccc(-c2n[nH]c3ccccc23)s1. The summed E-state index contributed by atoms with van der Waals surface area (Å²) >= 11 is 5.16. The Hall–Kier alpha value is -1.13. The normalized spacial score (nSPS) is 11.0. The fourth-order valence-corrected chi connectivity index (χ4v) is 2.98. The predicted octanol–water partition coefficient (Wildman–Crippen LogP) is 4.05. The Morgan fingerprint density at radius 3 is 2.80 bits per heavy atom. The molecule has 0 spiro atoms. The lowest BCUT2D eigenvalue weighted by atomic mass is 10.2. The van der Waals surface area contributed by atoms with Crippen molar-refractivity contribution in [2.75, 3.05) is 0 Å². The third-order valence-electron chi connectivity index (χ3n) is 2.28. The second-order valence-corrected chi connectivity index (χ2v) is 5.68. The average Bonchev–Trinajstić information content (AvgIpc) is 2.83. The zero-order valence-electron chi connectivity index (χ0n) is 7.70. The first-order chi connectivity index (χ1) is 7.34. The van der Waals surface area contributed by atoms with Gasteiger partial charge in [0.1, 0.15) is 5.69 Å². The molecule has 0 atom stereocenters. The highest BCUT2D eigenvalue weighted by Gasteiger charge is 2.08. The summed E-state index contributed by atoms with van der Waals surface area (Å²) in [6.07, 6.45) is 0. The van der Waals surface area contributed by atoms with E-state index in [1.807, 2.05) is 24.3 Å². The fraction of sp³-hybridized carbons (Fsp3) is 0. The summed E-state index contributed by atoms with van der Waals surface area (Å²) < 4.78 is 1.13. The second kappa shape index (κ2) is 3.47. The highest BCUT2D eigenvalue weighted by molar-refractivity contribution is 9.11. The minimum Gasteiger partial charge on any atom is -0.277 e. The van der Waals surface area contributed by atoms with Crippen LogP contribution in [-0.2, 0) is 0 Å². The first-order valence-electron chi connectivity index (χ1n) is 4.53. The summed E-state index contributed by atoms with van der Waals surface area (Å²) in [7, 11) is 0. The van der Waals surface area contributed by atoms with Gasteiger partial charge in [0.15, 0.2) is 0 Å². The number of fused-ring (bicyclic) bond motifs is 1. The minimum atomic E-state index is 1.03. The standard InChI is InChI=1S/C11H7BrN2S/c12-10-6-5-9(15-10)11-7-3-1-2-4-8(7)13-14-11/h1-6H,(H,13,14). The van der Waals surface area contributed by atoms with E-state index in [0.717, 1.165) is 15.0 Å². The number of halogens is 1. The molecule has 4 heteroatoms. The Balaban J connectivity index is 2.27. The van der Waals surface area contributed by atoms with Crippen LogP contribution < -0.4 is 0 Å². The molecule has 1 aromatic carbocycles. The van der Waals surface area contributed by atoms with Crippen molar-refractivity contribution in [3.63, 3.8) is 0 Å². The zero-order chi connectivity index (χ0) is 10.3. The van der Waals surface area contributed by atoms with E-state index in [1.54, 1.807) is 11.3 Å². The van der Waals surface area contributed by atoms with Gasteiger partial charge in [0.2, 0.25) is 0 Å². The number of aromatic amines is 1. The zero-order valence-corrected chi connectivity index (χ0v) is 10.1. The van der Waals surface area contributed by atoms with Gasteiger partial charge in [-0.3, -0.25) is 5.10 Å². The molecule has 3 aromatic rings. The number of nitrogens with zero attached hydrogens (tertiary/aromatic N) is 1. The molecular weight excluding hydrogens is 272 g/mol. The molecule has 0 aliphatic heterocycles. The van der Waals surface area contributed by atoms with E-state index in [0.29, 0.717) is 0 Å². The third-order valence-corrected chi connectivity index (χ3v) is 3.91. The molecule has 2 heterocycles. The van der Waals surface area contributed by atoms with Gasteiger partial charge in [-0.1, -0.05) is 18.2 Å². The van der Waals surface area contributed by atoms with Gasteiger partial charge in [-0.2, -0.15) is 5.10 Å². The van der Waals surface area contributed by atoms with Crippen LogP contribution >= 0.6 is 27.3 Å². The molecule has 0 amide bonds. The van der Waals surface area contributed by atoms with Gasteiger partial charge < -0.3 is 0 Å². The first-order valence-corrected chi connectivity index (χ1v) is 6.14. The summed E-state index contributed by atoms with van der Waals surface area (Å²) in [4.78, 5) is 1.18. The van der Waals surface area contributed by atoms with E-state index in [9.17, 15) is 0 Å². The summed E-state index contributed by atoms with van der Waals surface area (Å²) in [5.41, 5.74) is 2.11. The molecule has 0 saturated carbocycles. The summed E-state index contributed by atoms with van der Waals surface area (Å²) in [5.74, 6) is 0. The molecule has 0 radical (unpaired) electrons. The van der Waals surface area contributed by atoms with Crippen LogP contribution in [0.4, 0.5) is 0 Å². The van der Waals surface area contributed by atoms with Crippen LogP contribution in [0.3, 0.4) is 0 Å². The van der Waals surface area contributed by atoms with Gasteiger partial charge in [0, 0.05) is 5.39 Å². The molecule has 0 aliphatic rings. The van der Waals surface area contributed by atoms with E-state index >= 15 is 0 Å². The Morgan fingerprint density at radius 1 is 1.13 bits per heavy atom. The Labute approximate surface area is 99.1 Å². The highest BCUT2D eigenvalue weighted by atomic mass is 79.9. The van der Waals surface area contributed by atoms with Crippen molar-refractivity contribution in [3.05, 3.63) is 40.2 Å². The maximum absolute atomic E-state index is 4.34. The maximum atomic E-state index is 4.34. The lowest BCUT2D eigenvalue weighted by molar-refractivity contribution is 1.13. The van der Waals surface area contributed by atoms with Crippen molar-refractivity contribution in [2.45, 2.75) is 0 Å². The molecule has 74 valence electrons. The summed E-state index contributed by atoms with van der Waals surface area (Å²) in [6.45, 7) is 0. The number of hydrogen-bond acceptors (Lipinski definition) is 2. The molecule has 0 bridgehead atoms. The van der Waals surface area contributed by atoms with Gasteiger partial charge in [-0.25, -0.2) is 0 Å². The van der Waals surface area contributed by atoms with E-state index in [4.69, 9.17) is 0 Å². The molecule has 2 nitrogen and oxygen atoms in total. The molecule has 3 rings (SSSR count). The van der Waals surface area contributed by atoms with Gasteiger partial charge in [-0.05, 0) is 34.1 Å². The smallest absolute Gasteiger partial charge is 0.110 e. The van der Waals surface area contributed by atoms with Gasteiger partial charge >= 0.3 is 0 Å². The van der Waals surface area contributed by atoms with Crippen molar-refractivity contribution >= 4 is 38.2 Å². The van der Waals surface area contributed by atoms with E-state index in [-0.39, 0.29) is 0 Å². The Morgan fingerprint density at radius 2 is 2.00 bits per heavy atom. The lowest BCUT2D eigenvalue weighted by Crippen LogP contribution is -1.71. The van der Waals surface area contributed by atoms with Crippen LogP contribution in [0.25, 0.3) is 21.5 Å². The number of nitrogens with one attached hydrogen (secondary N) is 1. The van der Waals surface area contributed by atoms with Crippen LogP contribution in [-0.4, -0.2) is 10.2 Å². The number of thiophene rings is 1. The van der Waals surface area contributed by atoms with Crippen LogP contribution in [0.1, 0.15) is 0 Å². The number of aromatic nitrogens is 2. The van der Waals surface area contributed by atoms with E-state index in [2.05, 4.69) is 38.3 Å².